The van der Waals surface area contributed by atoms with Crippen molar-refractivity contribution < 1.29 is 4.57 Å². The van der Waals surface area contributed by atoms with Gasteiger partial charge in [-0.3, -0.25) is 4.40 Å². The summed E-state index contributed by atoms with van der Waals surface area (Å²) in [4.78, 5) is 11.7. The number of aromatic amines is 1. The van der Waals surface area contributed by atoms with Crippen molar-refractivity contribution in [1.82, 2.24) is 14.4 Å². The van der Waals surface area contributed by atoms with Crippen molar-refractivity contribution in [2.75, 3.05) is 0 Å². The summed E-state index contributed by atoms with van der Waals surface area (Å²) in [5.74, 6) is 0.975. The number of fused-ring (bicyclic) bond motifs is 4. The van der Waals surface area contributed by atoms with Gasteiger partial charge in [-0.05, 0) is 11.1 Å². The van der Waals surface area contributed by atoms with Gasteiger partial charge in [0.15, 0.2) is 11.9 Å². The fourth-order valence-corrected chi connectivity index (χ4v) is 2.06. The number of aliphatic imine (C=N–C) groups is 1. The summed E-state index contributed by atoms with van der Waals surface area (Å²) in [6.07, 6.45) is 7.73. The molecule has 5 heteroatoms. The third-order valence-electron chi connectivity index (χ3n) is 2.78. The molecule has 0 amide bonds. The van der Waals surface area contributed by atoms with Gasteiger partial charge < -0.3 is 4.98 Å². The summed E-state index contributed by atoms with van der Waals surface area (Å²) >= 11 is 0. The van der Waals surface area contributed by atoms with Crippen LogP contribution in [0, 0.1) is 0 Å². The van der Waals surface area contributed by atoms with Gasteiger partial charge >= 0.3 is 5.82 Å². The zero-order chi connectivity index (χ0) is 9.83. The first kappa shape index (κ1) is 7.17. The third-order valence-corrected chi connectivity index (χ3v) is 2.78. The van der Waals surface area contributed by atoms with Crippen LogP contribution < -0.4 is 4.57 Å². The molecule has 0 aliphatic carbocycles. The molecule has 0 fully saturated rings. The molecule has 4 rings (SSSR count). The first-order chi connectivity index (χ1) is 7.42. The van der Waals surface area contributed by atoms with Crippen molar-refractivity contribution in [3.63, 3.8) is 0 Å². The number of H-pyrrole nitrogens is 1. The standard InChI is InChI=1S/C10H7N5/c1-2-14-4-7-3-8-10(13-6-12-8)15(7)5-9(14)11-1/h1,3-6H,2H2/p+1. The Labute approximate surface area is 84.7 Å². The fraction of sp³-hybridized carbons (Fsp3) is 0.100. The normalized spacial score (nSPS) is 14.1. The molecule has 0 bridgehead atoms. The van der Waals surface area contributed by atoms with Gasteiger partial charge in [-0.2, -0.15) is 0 Å². The van der Waals surface area contributed by atoms with E-state index in [9.17, 15) is 0 Å². The van der Waals surface area contributed by atoms with E-state index < -0.39 is 0 Å². The summed E-state index contributed by atoms with van der Waals surface area (Å²) in [7, 11) is 0. The Morgan fingerprint density at radius 3 is 3.47 bits per heavy atom. The monoisotopic (exact) mass is 198 g/mol. The van der Waals surface area contributed by atoms with Crippen molar-refractivity contribution in [3.8, 4) is 0 Å². The van der Waals surface area contributed by atoms with Crippen molar-refractivity contribution in [1.29, 1.82) is 0 Å². The van der Waals surface area contributed by atoms with Crippen molar-refractivity contribution >= 4 is 28.7 Å². The molecule has 0 spiro atoms. The summed E-state index contributed by atoms with van der Waals surface area (Å²) in [6, 6.07) is 2.09. The van der Waals surface area contributed by atoms with E-state index in [-0.39, 0.29) is 0 Å². The molecule has 0 atom stereocenters. The summed E-state index contributed by atoms with van der Waals surface area (Å²) < 4.78 is 4.18. The van der Waals surface area contributed by atoms with E-state index >= 15 is 0 Å². The zero-order valence-corrected chi connectivity index (χ0v) is 7.88. The van der Waals surface area contributed by atoms with Crippen molar-refractivity contribution in [2.45, 2.75) is 6.54 Å². The molecule has 1 aliphatic heterocycles. The van der Waals surface area contributed by atoms with Crippen LogP contribution in [0.5, 0.6) is 0 Å². The Balaban J connectivity index is 2.24. The van der Waals surface area contributed by atoms with Crippen LogP contribution in [-0.4, -0.2) is 20.6 Å². The molecular weight excluding hydrogens is 190 g/mol. The molecule has 4 heterocycles. The van der Waals surface area contributed by atoms with Crippen molar-refractivity contribution in [3.05, 3.63) is 24.8 Å². The number of nitrogens with one attached hydrogen (secondary N) is 1. The van der Waals surface area contributed by atoms with Gasteiger partial charge in [-0.15, -0.1) is 0 Å². The fourth-order valence-electron chi connectivity index (χ4n) is 2.06. The Morgan fingerprint density at radius 2 is 2.47 bits per heavy atom. The second-order valence-electron chi connectivity index (χ2n) is 3.66. The maximum atomic E-state index is 4.30. The summed E-state index contributed by atoms with van der Waals surface area (Å²) in [5, 5.41) is 0. The van der Waals surface area contributed by atoms with Gasteiger partial charge in [0.25, 0.3) is 0 Å². The molecule has 0 radical (unpaired) electrons. The first-order valence-corrected chi connectivity index (χ1v) is 4.82. The zero-order valence-electron chi connectivity index (χ0n) is 7.88. The highest BCUT2D eigenvalue weighted by Gasteiger charge is 2.17. The molecule has 0 aromatic carbocycles. The lowest BCUT2D eigenvalue weighted by Gasteiger charge is -1.95. The predicted octanol–water partition coefficient (Wildman–Crippen LogP) is 0.819. The van der Waals surface area contributed by atoms with Crippen LogP contribution in [0.15, 0.2) is 29.8 Å². The highest BCUT2D eigenvalue weighted by molar-refractivity contribution is 5.80. The molecule has 0 saturated heterocycles. The van der Waals surface area contributed by atoms with Gasteiger partial charge in [-0.25, -0.2) is 9.55 Å². The van der Waals surface area contributed by atoms with E-state index in [2.05, 4.69) is 36.2 Å². The minimum atomic E-state index is 0.860. The number of imidazole rings is 1. The maximum absolute atomic E-state index is 4.30. The maximum Gasteiger partial charge on any atom is 0.339 e. The van der Waals surface area contributed by atoms with Gasteiger partial charge in [0.2, 0.25) is 0 Å². The highest BCUT2D eigenvalue weighted by atomic mass is 15.1. The van der Waals surface area contributed by atoms with Crippen LogP contribution in [0.3, 0.4) is 0 Å². The topological polar surface area (TPSA) is 49.3 Å². The largest absolute Gasteiger partial charge is 0.343 e. The van der Waals surface area contributed by atoms with E-state index in [4.69, 9.17) is 0 Å². The van der Waals surface area contributed by atoms with Crippen molar-refractivity contribution in [2.24, 2.45) is 4.99 Å². The number of hydrogen-bond acceptors (Lipinski definition) is 2. The molecule has 3 aromatic rings. The van der Waals surface area contributed by atoms with Gasteiger partial charge in [0.1, 0.15) is 18.9 Å². The second-order valence-corrected chi connectivity index (χ2v) is 3.66. The molecule has 5 nitrogen and oxygen atoms in total. The second kappa shape index (κ2) is 2.25. The molecule has 1 aliphatic rings. The molecular formula is C10H8N5+. The van der Waals surface area contributed by atoms with E-state index in [0.29, 0.717) is 0 Å². The summed E-state index contributed by atoms with van der Waals surface area (Å²) in [5.41, 5.74) is 3.15. The summed E-state index contributed by atoms with van der Waals surface area (Å²) in [6.45, 7) is 0.860. The Hall–Kier alpha value is -2.17. The SMILES string of the molecule is C1=Nc2cn3c(cc4[nH]cnc43)c[n+]2C1. The minimum Gasteiger partial charge on any atom is -0.343 e. The van der Waals surface area contributed by atoms with Crippen LogP contribution in [0.1, 0.15) is 0 Å². The van der Waals surface area contributed by atoms with Gasteiger partial charge in [0.05, 0.1) is 17.4 Å². The van der Waals surface area contributed by atoms with E-state index in [1.165, 1.54) is 0 Å². The molecule has 15 heavy (non-hydrogen) atoms. The van der Waals surface area contributed by atoms with E-state index in [1.807, 2.05) is 12.4 Å². The quantitative estimate of drug-likeness (QED) is 0.534. The molecule has 0 saturated carbocycles. The van der Waals surface area contributed by atoms with Crippen LogP contribution in [0.25, 0.3) is 16.7 Å². The van der Waals surface area contributed by atoms with Crippen LogP contribution >= 0.6 is 0 Å². The molecule has 3 aromatic heterocycles. The average Bonchev–Trinajstić information content (AvgIpc) is 2.86. The van der Waals surface area contributed by atoms with Crippen LogP contribution in [0.2, 0.25) is 0 Å². The lowest BCUT2D eigenvalue weighted by atomic mass is 10.5. The Kier molecular flexibility index (Phi) is 1.08. The average molecular weight is 198 g/mol. The van der Waals surface area contributed by atoms with Crippen LogP contribution in [-0.2, 0) is 6.54 Å². The lowest BCUT2D eigenvalue weighted by molar-refractivity contribution is -0.662. The Bertz CT molecular complexity index is 703. The number of aromatic nitrogens is 4. The molecule has 1 N–H and O–H groups in total. The van der Waals surface area contributed by atoms with Gasteiger partial charge in [-0.1, -0.05) is 0 Å². The smallest absolute Gasteiger partial charge is 0.339 e. The predicted molar refractivity (Wildman–Crippen MR) is 55.4 cm³/mol. The molecule has 0 unspecified atom stereocenters. The lowest BCUT2D eigenvalue weighted by Crippen LogP contribution is -2.31. The molecule has 72 valence electrons. The van der Waals surface area contributed by atoms with E-state index in [0.717, 1.165) is 29.0 Å². The number of rotatable bonds is 0. The number of nitrogens with zero attached hydrogens (tertiary/aromatic N) is 4. The van der Waals surface area contributed by atoms with E-state index in [1.54, 1.807) is 6.33 Å². The highest BCUT2D eigenvalue weighted by Crippen LogP contribution is 2.18. The van der Waals surface area contributed by atoms with Crippen LogP contribution in [0.4, 0.5) is 5.82 Å². The van der Waals surface area contributed by atoms with Gasteiger partial charge in [0, 0.05) is 0 Å². The number of hydrogen-bond donors (Lipinski definition) is 1. The minimum absolute atomic E-state index is 0.860. The third kappa shape index (κ3) is 0.799. The Morgan fingerprint density at radius 1 is 1.47 bits per heavy atom. The first-order valence-electron chi connectivity index (χ1n) is 4.82.